The number of aliphatic carboxylic acids is 1. The highest BCUT2D eigenvalue weighted by molar-refractivity contribution is 6.07. The molecule has 1 aromatic rings. The van der Waals surface area contributed by atoms with Crippen LogP contribution in [0.3, 0.4) is 0 Å². The predicted octanol–water partition coefficient (Wildman–Crippen LogP) is 1.52. The third-order valence-electron chi connectivity index (χ3n) is 2.94. The van der Waals surface area contributed by atoms with Crippen molar-refractivity contribution in [3.8, 4) is 5.75 Å². The third kappa shape index (κ3) is 2.30. The van der Waals surface area contributed by atoms with Crippen LogP contribution in [-0.4, -0.2) is 30.1 Å². The van der Waals surface area contributed by atoms with Crippen LogP contribution in [-0.2, 0) is 9.59 Å². The fourth-order valence-electron chi connectivity index (χ4n) is 2.07. The summed E-state index contributed by atoms with van der Waals surface area (Å²) in [5, 5.41) is 8.91. The van der Waals surface area contributed by atoms with E-state index in [1.807, 2.05) is 13.0 Å². The molecule has 1 aliphatic heterocycles. The minimum Gasteiger partial charge on any atom is -0.494 e. The Kier molecular flexibility index (Phi) is 3.50. The van der Waals surface area contributed by atoms with E-state index in [9.17, 15) is 9.59 Å². The maximum Gasteiger partial charge on any atom is 0.316 e. The monoisotopic (exact) mass is 249 g/mol. The minimum absolute atomic E-state index is 0.351. The van der Waals surface area contributed by atoms with Crippen molar-refractivity contribution in [2.45, 2.75) is 13.3 Å². The Labute approximate surface area is 105 Å². The summed E-state index contributed by atoms with van der Waals surface area (Å²) in [7, 11) is 0. The molecule has 18 heavy (non-hydrogen) atoms. The van der Waals surface area contributed by atoms with Gasteiger partial charge in [-0.1, -0.05) is 6.07 Å². The zero-order valence-corrected chi connectivity index (χ0v) is 10.1. The van der Waals surface area contributed by atoms with Crippen LogP contribution in [0.2, 0.25) is 0 Å². The molecule has 1 heterocycles. The summed E-state index contributed by atoms with van der Waals surface area (Å²) in [6, 6.07) is 7.14. The van der Waals surface area contributed by atoms with E-state index in [0.29, 0.717) is 31.0 Å². The van der Waals surface area contributed by atoms with E-state index < -0.39 is 11.9 Å². The molecule has 1 aliphatic rings. The molecule has 1 amide bonds. The van der Waals surface area contributed by atoms with Crippen molar-refractivity contribution in [2.75, 3.05) is 18.1 Å². The van der Waals surface area contributed by atoms with Gasteiger partial charge in [-0.05, 0) is 25.5 Å². The Bertz CT molecular complexity index is 472. The van der Waals surface area contributed by atoms with Crippen molar-refractivity contribution in [2.24, 2.45) is 5.92 Å². The molecule has 96 valence electrons. The van der Waals surface area contributed by atoms with Crippen LogP contribution in [0.1, 0.15) is 13.3 Å². The minimum atomic E-state index is -1.05. The van der Waals surface area contributed by atoms with E-state index in [0.717, 1.165) is 0 Å². The van der Waals surface area contributed by atoms with Gasteiger partial charge in [0.15, 0.2) is 0 Å². The molecular weight excluding hydrogens is 234 g/mol. The van der Waals surface area contributed by atoms with Crippen LogP contribution in [0.15, 0.2) is 24.3 Å². The highest BCUT2D eigenvalue weighted by atomic mass is 16.5. The number of carbonyl (C=O) groups is 2. The summed E-state index contributed by atoms with van der Waals surface area (Å²) < 4.78 is 5.36. The maximum absolute atomic E-state index is 11.9. The molecule has 0 aliphatic carbocycles. The van der Waals surface area contributed by atoms with Gasteiger partial charge in [0.05, 0.1) is 6.61 Å². The Morgan fingerprint density at radius 2 is 2.33 bits per heavy atom. The Balaban J connectivity index is 2.20. The van der Waals surface area contributed by atoms with Crippen molar-refractivity contribution >= 4 is 17.6 Å². The van der Waals surface area contributed by atoms with Crippen molar-refractivity contribution in [3.63, 3.8) is 0 Å². The molecule has 1 fully saturated rings. The molecule has 0 aromatic heterocycles. The zero-order valence-electron chi connectivity index (χ0n) is 10.1. The molecule has 0 bridgehead atoms. The smallest absolute Gasteiger partial charge is 0.316 e. The number of carboxylic acids is 1. The fourth-order valence-corrected chi connectivity index (χ4v) is 2.07. The van der Waals surface area contributed by atoms with E-state index in [1.54, 1.807) is 18.2 Å². The lowest BCUT2D eigenvalue weighted by molar-refractivity contribution is -0.144. The lowest BCUT2D eigenvalue weighted by Crippen LogP contribution is -2.30. The van der Waals surface area contributed by atoms with Crippen molar-refractivity contribution in [3.05, 3.63) is 24.3 Å². The highest BCUT2D eigenvalue weighted by Gasteiger charge is 2.37. The number of hydrogen-bond acceptors (Lipinski definition) is 3. The number of nitrogens with zero attached hydrogens (tertiary/aromatic N) is 1. The van der Waals surface area contributed by atoms with Gasteiger partial charge in [0.2, 0.25) is 5.91 Å². The molecule has 0 spiro atoms. The topological polar surface area (TPSA) is 66.8 Å². The van der Waals surface area contributed by atoms with Gasteiger partial charge >= 0.3 is 5.97 Å². The SMILES string of the molecule is CCOc1cccc(N2CCC(C(=O)O)C2=O)c1. The van der Waals surface area contributed by atoms with Gasteiger partial charge in [-0.15, -0.1) is 0 Å². The Morgan fingerprint density at radius 3 is 2.94 bits per heavy atom. The highest BCUT2D eigenvalue weighted by Crippen LogP contribution is 2.28. The Hall–Kier alpha value is -2.04. The average molecular weight is 249 g/mol. The van der Waals surface area contributed by atoms with Gasteiger partial charge in [-0.2, -0.15) is 0 Å². The van der Waals surface area contributed by atoms with Crippen LogP contribution in [0.4, 0.5) is 5.69 Å². The number of benzene rings is 1. The number of hydrogen-bond donors (Lipinski definition) is 1. The van der Waals surface area contributed by atoms with Crippen molar-refractivity contribution in [1.29, 1.82) is 0 Å². The van der Waals surface area contributed by atoms with Gasteiger partial charge in [0.1, 0.15) is 11.7 Å². The van der Waals surface area contributed by atoms with Gasteiger partial charge in [0.25, 0.3) is 0 Å². The molecule has 1 saturated heterocycles. The summed E-state index contributed by atoms with van der Waals surface area (Å²) in [4.78, 5) is 24.3. The molecule has 2 rings (SSSR count). The second kappa shape index (κ2) is 5.08. The lowest BCUT2D eigenvalue weighted by Gasteiger charge is -2.17. The first-order chi connectivity index (χ1) is 8.63. The van der Waals surface area contributed by atoms with E-state index in [1.165, 1.54) is 4.90 Å². The number of amides is 1. The van der Waals surface area contributed by atoms with Crippen molar-refractivity contribution < 1.29 is 19.4 Å². The number of rotatable bonds is 4. The molecule has 1 atom stereocenters. The van der Waals surface area contributed by atoms with Crippen LogP contribution < -0.4 is 9.64 Å². The van der Waals surface area contributed by atoms with Crippen LogP contribution in [0.25, 0.3) is 0 Å². The quantitative estimate of drug-likeness (QED) is 0.822. The van der Waals surface area contributed by atoms with E-state index in [4.69, 9.17) is 9.84 Å². The lowest BCUT2D eigenvalue weighted by atomic mass is 10.1. The van der Waals surface area contributed by atoms with Gasteiger partial charge in [0, 0.05) is 18.3 Å². The summed E-state index contributed by atoms with van der Waals surface area (Å²) in [5.41, 5.74) is 0.690. The molecule has 1 unspecified atom stereocenters. The van der Waals surface area contributed by atoms with Gasteiger partial charge in [-0.25, -0.2) is 0 Å². The van der Waals surface area contributed by atoms with E-state index in [-0.39, 0.29) is 5.91 Å². The van der Waals surface area contributed by atoms with E-state index >= 15 is 0 Å². The first-order valence-corrected chi connectivity index (χ1v) is 5.90. The maximum atomic E-state index is 11.9. The summed E-state index contributed by atoms with van der Waals surface area (Å²) >= 11 is 0. The average Bonchev–Trinajstić information content (AvgIpc) is 2.72. The fraction of sp³-hybridized carbons (Fsp3) is 0.385. The second-order valence-corrected chi connectivity index (χ2v) is 4.10. The van der Waals surface area contributed by atoms with Crippen LogP contribution in [0.5, 0.6) is 5.75 Å². The summed E-state index contributed by atoms with van der Waals surface area (Å²) in [6.07, 6.45) is 0.354. The normalized spacial score (nSPS) is 19.1. The molecule has 1 N–H and O–H groups in total. The largest absolute Gasteiger partial charge is 0.494 e. The van der Waals surface area contributed by atoms with Crippen molar-refractivity contribution in [1.82, 2.24) is 0 Å². The summed E-state index contributed by atoms with van der Waals surface area (Å²) in [5.74, 6) is -1.64. The van der Waals surface area contributed by atoms with Crippen LogP contribution in [0, 0.1) is 5.92 Å². The molecule has 0 radical (unpaired) electrons. The molecular formula is C13H15NO4. The molecule has 0 saturated carbocycles. The molecule has 5 nitrogen and oxygen atoms in total. The predicted molar refractivity (Wildman–Crippen MR) is 65.7 cm³/mol. The van der Waals surface area contributed by atoms with Crippen LogP contribution >= 0.6 is 0 Å². The first-order valence-electron chi connectivity index (χ1n) is 5.90. The van der Waals surface area contributed by atoms with E-state index in [2.05, 4.69) is 0 Å². The number of anilines is 1. The number of ether oxygens (including phenoxy) is 1. The van der Waals surface area contributed by atoms with Gasteiger partial charge < -0.3 is 14.7 Å². The zero-order chi connectivity index (χ0) is 13.1. The molecule has 1 aromatic carbocycles. The van der Waals surface area contributed by atoms with Gasteiger partial charge in [-0.3, -0.25) is 9.59 Å². The standard InChI is InChI=1S/C13H15NO4/c1-2-18-10-5-3-4-9(8-10)14-7-6-11(12(14)15)13(16)17/h3-5,8,11H,2,6-7H2,1H3,(H,16,17). The Morgan fingerprint density at radius 1 is 1.56 bits per heavy atom. The summed E-state index contributed by atoms with van der Waals surface area (Å²) in [6.45, 7) is 2.87. The second-order valence-electron chi connectivity index (χ2n) is 4.10. The number of carboxylic acid groups (broad SMARTS) is 1. The first kappa shape index (κ1) is 12.4. The molecule has 5 heteroatoms. The number of carbonyl (C=O) groups excluding carboxylic acids is 1. The third-order valence-corrected chi connectivity index (χ3v) is 2.94.